The maximum absolute atomic E-state index is 12.2. The van der Waals surface area contributed by atoms with Crippen molar-refractivity contribution in [3.8, 4) is 5.75 Å². The molecule has 0 saturated heterocycles. The van der Waals surface area contributed by atoms with E-state index in [4.69, 9.17) is 4.74 Å². The third kappa shape index (κ3) is 4.43. The monoisotopic (exact) mass is 382 g/mol. The number of urea groups is 1. The van der Waals surface area contributed by atoms with Gasteiger partial charge in [-0.15, -0.1) is 10.2 Å². The average molecular weight is 382 g/mol. The summed E-state index contributed by atoms with van der Waals surface area (Å²) in [5.74, 6) is 0.737. The van der Waals surface area contributed by atoms with Crippen LogP contribution in [0.5, 0.6) is 5.75 Å². The summed E-state index contributed by atoms with van der Waals surface area (Å²) in [7, 11) is 1.61. The Bertz CT molecular complexity index is 909. The fourth-order valence-corrected chi connectivity index (χ4v) is 3.53. The van der Waals surface area contributed by atoms with Crippen LogP contribution in [0.2, 0.25) is 0 Å². The lowest BCUT2D eigenvalue weighted by Gasteiger charge is -2.21. The van der Waals surface area contributed by atoms with E-state index in [1.165, 1.54) is 11.3 Å². The zero-order valence-electron chi connectivity index (χ0n) is 15.5. The number of carbonyl (C=O) groups excluding carboxylic acids is 1. The van der Waals surface area contributed by atoms with Crippen molar-refractivity contribution in [2.24, 2.45) is 0 Å². The van der Waals surface area contributed by atoms with E-state index in [0.717, 1.165) is 21.9 Å². The number of carbonyl (C=O) groups is 1. The molecule has 1 aromatic heterocycles. The van der Waals surface area contributed by atoms with Crippen molar-refractivity contribution in [2.45, 2.75) is 25.8 Å². The second-order valence-electron chi connectivity index (χ2n) is 6.52. The second-order valence-corrected chi connectivity index (χ2v) is 7.50. The molecule has 0 bridgehead atoms. The minimum absolute atomic E-state index is 0.285. The fraction of sp³-hybridized carbons (Fsp3) is 0.250. The Morgan fingerprint density at radius 2 is 1.78 bits per heavy atom. The number of rotatable bonds is 6. The number of para-hydroxylation sites is 1. The van der Waals surface area contributed by atoms with Crippen molar-refractivity contribution in [1.82, 2.24) is 15.5 Å². The highest BCUT2D eigenvalue weighted by atomic mass is 32.1. The van der Waals surface area contributed by atoms with Crippen LogP contribution in [-0.2, 0) is 12.0 Å². The van der Waals surface area contributed by atoms with Gasteiger partial charge in [-0.05, 0) is 25.5 Å². The smallest absolute Gasteiger partial charge is 0.321 e. The summed E-state index contributed by atoms with van der Waals surface area (Å²) in [6, 6.07) is 17.3. The van der Waals surface area contributed by atoms with E-state index in [1.807, 2.05) is 42.5 Å². The summed E-state index contributed by atoms with van der Waals surface area (Å²) in [5, 5.41) is 15.2. The molecule has 0 spiro atoms. The minimum Gasteiger partial charge on any atom is -0.496 e. The molecule has 7 heteroatoms. The molecular formula is C20H22N4O2S. The van der Waals surface area contributed by atoms with Crippen LogP contribution in [0.4, 0.5) is 9.93 Å². The summed E-state index contributed by atoms with van der Waals surface area (Å²) in [6.07, 6.45) is 0. The lowest BCUT2D eigenvalue weighted by atomic mass is 9.85. The van der Waals surface area contributed by atoms with Crippen molar-refractivity contribution in [3.63, 3.8) is 0 Å². The molecule has 0 unspecified atom stereocenters. The Balaban J connectivity index is 1.63. The number of anilines is 1. The van der Waals surface area contributed by atoms with E-state index in [1.54, 1.807) is 7.11 Å². The van der Waals surface area contributed by atoms with Gasteiger partial charge in [0.1, 0.15) is 10.8 Å². The van der Waals surface area contributed by atoms with Gasteiger partial charge < -0.3 is 10.1 Å². The molecule has 0 aliphatic carbocycles. The molecule has 0 aliphatic heterocycles. The van der Waals surface area contributed by atoms with Crippen molar-refractivity contribution in [3.05, 3.63) is 70.7 Å². The predicted octanol–water partition coefficient (Wildman–Crippen LogP) is 4.19. The summed E-state index contributed by atoms with van der Waals surface area (Å²) < 4.78 is 5.29. The van der Waals surface area contributed by atoms with E-state index in [2.05, 4.69) is 46.8 Å². The zero-order chi connectivity index (χ0) is 19.3. The number of nitrogens with zero attached hydrogens (tertiary/aromatic N) is 2. The maximum atomic E-state index is 12.2. The maximum Gasteiger partial charge on any atom is 0.321 e. The van der Waals surface area contributed by atoms with Gasteiger partial charge in [-0.25, -0.2) is 4.79 Å². The number of nitrogens with one attached hydrogen (secondary N) is 2. The first kappa shape index (κ1) is 18.8. The number of amides is 2. The number of hydrogen-bond donors (Lipinski definition) is 2. The number of methoxy groups -OCH3 is 1. The summed E-state index contributed by atoms with van der Waals surface area (Å²) >= 11 is 1.37. The van der Waals surface area contributed by atoms with Crippen molar-refractivity contribution in [2.75, 3.05) is 12.4 Å². The largest absolute Gasteiger partial charge is 0.496 e. The molecule has 0 fully saturated rings. The van der Waals surface area contributed by atoms with Crippen molar-refractivity contribution >= 4 is 22.5 Å². The highest BCUT2D eigenvalue weighted by Crippen LogP contribution is 2.34. The first-order valence-electron chi connectivity index (χ1n) is 8.57. The topological polar surface area (TPSA) is 76.1 Å². The van der Waals surface area contributed by atoms with E-state index >= 15 is 0 Å². The number of ether oxygens (including phenoxy) is 1. The molecule has 2 aromatic carbocycles. The Labute approximate surface area is 162 Å². The zero-order valence-corrected chi connectivity index (χ0v) is 16.3. The van der Waals surface area contributed by atoms with Gasteiger partial charge in [-0.2, -0.15) is 0 Å². The Morgan fingerprint density at radius 3 is 2.52 bits per heavy atom. The molecular weight excluding hydrogens is 360 g/mol. The Hall–Kier alpha value is -2.93. The third-order valence-corrected chi connectivity index (χ3v) is 5.47. The van der Waals surface area contributed by atoms with Crippen LogP contribution >= 0.6 is 11.3 Å². The summed E-state index contributed by atoms with van der Waals surface area (Å²) in [6.45, 7) is 4.54. The molecule has 0 saturated carbocycles. The van der Waals surface area contributed by atoms with Crippen LogP contribution in [0.15, 0.2) is 54.6 Å². The summed E-state index contributed by atoms with van der Waals surface area (Å²) in [4.78, 5) is 12.2. The SMILES string of the molecule is COc1ccccc1CNC(=O)Nc1nnc(C(C)(C)c2ccccc2)s1. The molecule has 1 heterocycles. The van der Waals surface area contributed by atoms with Crippen LogP contribution in [-0.4, -0.2) is 23.3 Å². The molecule has 3 aromatic rings. The van der Waals surface area contributed by atoms with Crippen LogP contribution < -0.4 is 15.4 Å². The van der Waals surface area contributed by atoms with Crippen molar-refractivity contribution < 1.29 is 9.53 Å². The Morgan fingerprint density at radius 1 is 1.07 bits per heavy atom. The van der Waals surface area contributed by atoms with Crippen molar-refractivity contribution in [1.29, 1.82) is 0 Å². The van der Waals surface area contributed by atoms with Crippen LogP contribution in [0.25, 0.3) is 0 Å². The Kier molecular flexibility index (Phi) is 5.71. The second kappa shape index (κ2) is 8.18. The van der Waals surface area contributed by atoms with Gasteiger partial charge in [0.05, 0.1) is 7.11 Å². The molecule has 0 aliphatic rings. The van der Waals surface area contributed by atoms with Gasteiger partial charge >= 0.3 is 6.03 Å². The van der Waals surface area contributed by atoms with Crippen LogP contribution in [0.3, 0.4) is 0 Å². The first-order valence-corrected chi connectivity index (χ1v) is 9.38. The third-order valence-electron chi connectivity index (χ3n) is 4.31. The number of hydrogen-bond acceptors (Lipinski definition) is 5. The van der Waals surface area contributed by atoms with E-state index < -0.39 is 0 Å². The van der Waals surface area contributed by atoms with Gasteiger partial charge in [0.25, 0.3) is 0 Å². The van der Waals surface area contributed by atoms with Crippen LogP contribution in [0.1, 0.15) is 30.0 Å². The number of benzene rings is 2. The normalized spacial score (nSPS) is 11.1. The van der Waals surface area contributed by atoms with Gasteiger partial charge in [0.2, 0.25) is 5.13 Å². The molecule has 6 nitrogen and oxygen atoms in total. The standard InChI is InChI=1S/C20H22N4O2S/c1-20(2,15-10-5-4-6-11-15)17-23-24-19(27-17)22-18(25)21-13-14-9-7-8-12-16(14)26-3/h4-12H,13H2,1-3H3,(H2,21,22,24,25). The average Bonchev–Trinajstić information content (AvgIpc) is 3.16. The van der Waals surface area contributed by atoms with Gasteiger partial charge in [-0.1, -0.05) is 59.9 Å². The highest BCUT2D eigenvalue weighted by Gasteiger charge is 2.27. The molecule has 0 radical (unpaired) electrons. The predicted molar refractivity (Wildman–Crippen MR) is 107 cm³/mol. The molecule has 3 rings (SSSR count). The molecule has 2 N–H and O–H groups in total. The highest BCUT2D eigenvalue weighted by molar-refractivity contribution is 7.15. The van der Waals surface area contributed by atoms with Gasteiger partial charge in [0, 0.05) is 17.5 Å². The van der Waals surface area contributed by atoms with E-state index in [0.29, 0.717) is 11.7 Å². The van der Waals surface area contributed by atoms with E-state index in [9.17, 15) is 4.79 Å². The van der Waals surface area contributed by atoms with Crippen LogP contribution in [0, 0.1) is 0 Å². The summed E-state index contributed by atoms with van der Waals surface area (Å²) in [5.41, 5.74) is 1.76. The number of aromatic nitrogens is 2. The van der Waals surface area contributed by atoms with E-state index in [-0.39, 0.29) is 11.4 Å². The van der Waals surface area contributed by atoms with Gasteiger partial charge in [0.15, 0.2) is 0 Å². The van der Waals surface area contributed by atoms with Gasteiger partial charge in [-0.3, -0.25) is 5.32 Å². The lowest BCUT2D eigenvalue weighted by molar-refractivity contribution is 0.251. The molecule has 140 valence electrons. The molecule has 0 atom stereocenters. The quantitative estimate of drug-likeness (QED) is 0.670. The lowest BCUT2D eigenvalue weighted by Crippen LogP contribution is -2.28. The first-order chi connectivity index (χ1) is 13.0. The minimum atomic E-state index is -0.332. The molecule has 2 amide bonds. The molecule has 27 heavy (non-hydrogen) atoms. The fourth-order valence-electron chi connectivity index (χ4n) is 2.67.